The van der Waals surface area contributed by atoms with Gasteiger partial charge in [0.2, 0.25) is 0 Å². The largest absolute Gasteiger partial charge is 0.339 e. The Hall–Kier alpha value is -0.620. The summed E-state index contributed by atoms with van der Waals surface area (Å²) in [7, 11) is 0. The van der Waals surface area contributed by atoms with E-state index in [-0.39, 0.29) is 5.91 Å². The second-order valence-electron chi connectivity index (χ2n) is 5.02. The zero-order valence-electron chi connectivity index (χ0n) is 11.4. The standard InChI is InChI=1S/C15H21IN2O/c1-2-17-11-12-7-9-18(10-8-12)15(19)13-5-3-4-6-14(13)16/h3-6,12,17H,2,7-11H2,1H3. The number of carbonyl (C=O) groups is 1. The van der Waals surface area contributed by atoms with Crippen LogP contribution < -0.4 is 5.32 Å². The topological polar surface area (TPSA) is 32.3 Å². The molecule has 0 bridgehead atoms. The molecule has 1 N–H and O–H groups in total. The molecule has 0 atom stereocenters. The first-order chi connectivity index (χ1) is 9.22. The summed E-state index contributed by atoms with van der Waals surface area (Å²) < 4.78 is 1.04. The Morgan fingerprint density at radius 3 is 2.68 bits per heavy atom. The van der Waals surface area contributed by atoms with Gasteiger partial charge in [-0.15, -0.1) is 0 Å². The summed E-state index contributed by atoms with van der Waals surface area (Å²) in [5, 5.41) is 3.40. The van der Waals surface area contributed by atoms with Crippen molar-refractivity contribution in [3.63, 3.8) is 0 Å². The highest BCUT2D eigenvalue weighted by atomic mass is 127. The Labute approximate surface area is 128 Å². The van der Waals surface area contributed by atoms with Crippen LogP contribution in [0, 0.1) is 9.49 Å². The molecule has 0 saturated carbocycles. The van der Waals surface area contributed by atoms with E-state index in [1.54, 1.807) is 0 Å². The molecular weight excluding hydrogens is 351 g/mol. The molecule has 1 aliphatic heterocycles. The van der Waals surface area contributed by atoms with Crippen molar-refractivity contribution in [1.29, 1.82) is 0 Å². The molecule has 0 unspecified atom stereocenters. The number of benzene rings is 1. The highest BCUT2D eigenvalue weighted by molar-refractivity contribution is 14.1. The fourth-order valence-electron chi connectivity index (χ4n) is 2.49. The molecule has 3 nitrogen and oxygen atoms in total. The molecule has 0 aliphatic carbocycles. The zero-order valence-corrected chi connectivity index (χ0v) is 13.5. The molecule has 1 fully saturated rings. The lowest BCUT2D eigenvalue weighted by Crippen LogP contribution is -2.41. The maximum atomic E-state index is 12.4. The molecule has 19 heavy (non-hydrogen) atoms. The summed E-state index contributed by atoms with van der Waals surface area (Å²) in [6.45, 7) is 6.03. The molecule has 104 valence electrons. The number of halogens is 1. The molecule has 1 saturated heterocycles. The highest BCUT2D eigenvalue weighted by Gasteiger charge is 2.24. The molecule has 0 spiro atoms. The van der Waals surface area contributed by atoms with Crippen molar-refractivity contribution in [3.05, 3.63) is 33.4 Å². The van der Waals surface area contributed by atoms with E-state index in [0.717, 1.165) is 54.1 Å². The Morgan fingerprint density at radius 1 is 1.37 bits per heavy atom. The van der Waals surface area contributed by atoms with Gasteiger partial charge < -0.3 is 10.2 Å². The van der Waals surface area contributed by atoms with E-state index in [4.69, 9.17) is 0 Å². The number of piperidine rings is 1. The van der Waals surface area contributed by atoms with E-state index < -0.39 is 0 Å². The van der Waals surface area contributed by atoms with Gasteiger partial charge in [0.05, 0.1) is 5.56 Å². The van der Waals surface area contributed by atoms with Gasteiger partial charge in [-0.05, 0) is 66.6 Å². The lowest BCUT2D eigenvalue weighted by molar-refractivity contribution is 0.0689. The number of hydrogen-bond donors (Lipinski definition) is 1. The number of rotatable bonds is 4. The van der Waals surface area contributed by atoms with Gasteiger partial charge in [0.1, 0.15) is 0 Å². The monoisotopic (exact) mass is 372 g/mol. The van der Waals surface area contributed by atoms with Crippen LogP contribution in [0.25, 0.3) is 0 Å². The third-order valence-electron chi connectivity index (χ3n) is 3.69. The first-order valence-electron chi connectivity index (χ1n) is 6.97. The minimum atomic E-state index is 0.187. The molecule has 1 aromatic carbocycles. The quantitative estimate of drug-likeness (QED) is 0.825. The maximum absolute atomic E-state index is 12.4. The average Bonchev–Trinajstić information content (AvgIpc) is 2.45. The summed E-state index contributed by atoms with van der Waals surface area (Å²) in [4.78, 5) is 14.4. The Bertz CT molecular complexity index is 428. The van der Waals surface area contributed by atoms with Crippen LogP contribution in [0.15, 0.2) is 24.3 Å². The van der Waals surface area contributed by atoms with E-state index >= 15 is 0 Å². The molecule has 0 aromatic heterocycles. The predicted octanol–water partition coefficient (Wildman–Crippen LogP) is 2.75. The fourth-order valence-corrected chi connectivity index (χ4v) is 3.11. The average molecular weight is 372 g/mol. The van der Waals surface area contributed by atoms with E-state index in [1.165, 1.54) is 0 Å². The zero-order chi connectivity index (χ0) is 13.7. The minimum absolute atomic E-state index is 0.187. The van der Waals surface area contributed by atoms with Gasteiger partial charge in [0.15, 0.2) is 0 Å². The van der Waals surface area contributed by atoms with Crippen LogP contribution >= 0.6 is 22.6 Å². The summed E-state index contributed by atoms with van der Waals surface area (Å²) >= 11 is 2.24. The van der Waals surface area contributed by atoms with Crippen LogP contribution in [0.4, 0.5) is 0 Å². The van der Waals surface area contributed by atoms with Gasteiger partial charge in [0.25, 0.3) is 5.91 Å². The van der Waals surface area contributed by atoms with Crippen LogP contribution in [0.3, 0.4) is 0 Å². The SMILES string of the molecule is CCNCC1CCN(C(=O)c2ccccc2I)CC1. The molecule has 2 rings (SSSR count). The van der Waals surface area contributed by atoms with Crippen molar-refractivity contribution in [2.45, 2.75) is 19.8 Å². The van der Waals surface area contributed by atoms with E-state index in [1.807, 2.05) is 29.2 Å². The molecule has 1 aromatic rings. The molecule has 1 aliphatic rings. The lowest BCUT2D eigenvalue weighted by Gasteiger charge is -2.32. The van der Waals surface area contributed by atoms with Crippen molar-refractivity contribution in [2.24, 2.45) is 5.92 Å². The van der Waals surface area contributed by atoms with Crippen molar-refractivity contribution in [2.75, 3.05) is 26.2 Å². The van der Waals surface area contributed by atoms with Gasteiger partial charge in [-0.25, -0.2) is 0 Å². The van der Waals surface area contributed by atoms with Crippen LogP contribution in [-0.4, -0.2) is 37.0 Å². The molecule has 4 heteroatoms. The third-order valence-corrected chi connectivity index (χ3v) is 4.63. The van der Waals surface area contributed by atoms with Crippen LogP contribution in [0.5, 0.6) is 0 Å². The van der Waals surface area contributed by atoms with E-state index in [2.05, 4.69) is 34.8 Å². The molecule has 1 heterocycles. The van der Waals surface area contributed by atoms with Crippen LogP contribution in [0.1, 0.15) is 30.1 Å². The number of likely N-dealkylation sites (tertiary alicyclic amines) is 1. The van der Waals surface area contributed by atoms with Crippen molar-refractivity contribution >= 4 is 28.5 Å². The minimum Gasteiger partial charge on any atom is -0.339 e. The number of nitrogens with one attached hydrogen (secondary N) is 1. The summed E-state index contributed by atoms with van der Waals surface area (Å²) in [5.41, 5.74) is 0.841. The number of nitrogens with zero attached hydrogens (tertiary/aromatic N) is 1. The number of amides is 1. The normalized spacial score (nSPS) is 16.6. The van der Waals surface area contributed by atoms with Crippen molar-refractivity contribution in [1.82, 2.24) is 10.2 Å². The van der Waals surface area contributed by atoms with Gasteiger partial charge in [-0.1, -0.05) is 19.1 Å². The Balaban J connectivity index is 1.91. The maximum Gasteiger partial charge on any atom is 0.254 e. The number of carbonyl (C=O) groups excluding carboxylic acids is 1. The second kappa shape index (κ2) is 7.24. The fraction of sp³-hybridized carbons (Fsp3) is 0.533. The predicted molar refractivity (Wildman–Crippen MR) is 86.3 cm³/mol. The first-order valence-corrected chi connectivity index (χ1v) is 8.04. The summed E-state index contributed by atoms with van der Waals surface area (Å²) in [5.74, 6) is 0.908. The molecular formula is C15H21IN2O. The van der Waals surface area contributed by atoms with Crippen LogP contribution in [-0.2, 0) is 0 Å². The van der Waals surface area contributed by atoms with E-state index in [0.29, 0.717) is 0 Å². The Kier molecular flexibility index (Phi) is 5.63. The van der Waals surface area contributed by atoms with Gasteiger partial charge >= 0.3 is 0 Å². The van der Waals surface area contributed by atoms with Gasteiger partial charge in [-0.3, -0.25) is 4.79 Å². The number of hydrogen-bond acceptors (Lipinski definition) is 2. The highest BCUT2D eigenvalue weighted by Crippen LogP contribution is 2.20. The third kappa shape index (κ3) is 3.92. The lowest BCUT2D eigenvalue weighted by atomic mass is 9.96. The molecule has 1 amide bonds. The van der Waals surface area contributed by atoms with Crippen LogP contribution in [0.2, 0.25) is 0 Å². The first kappa shape index (κ1) is 14.8. The summed E-state index contributed by atoms with van der Waals surface area (Å²) in [6.07, 6.45) is 2.23. The van der Waals surface area contributed by atoms with Gasteiger partial charge in [-0.2, -0.15) is 0 Å². The second-order valence-corrected chi connectivity index (χ2v) is 6.19. The smallest absolute Gasteiger partial charge is 0.254 e. The summed E-state index contributed by atoms with van der Waals surface area (Å²) in [6, 6.07) is 7.83. The van der Waals surface area contributed by atoms with Crippen molar-refractivity contribution < 1.29 is 4.79 Å². The van der Waals surface area contributed by atoms with E-state index in [9.17, 15) is 4.79 Å². The van der Waals surface area contributed by atoms with Crippen molar-refractivity contribution in [3.8, 4) is 0 Å². The molecule has 0 radical (unpaired) electrons. The van der Waals surface area contributed by atoms with Gasteiger partial charge in [0, 0.05) is 16.7 Å². The Morgan fingerprint density at radius 2 is 2.05 bits per heavy atom.